The molecule has 14 heavy (non-hydrogen) atoms. The second kappa shape index (κ2) is 4.18. The molecule has 0 aliphatic rings. The highest BCUT2D eigenvalue weighted by molar-refractivity contribution is 6.08. The van der Waals surface area contributed by atoms with E-state index in [0.717, 1.165) is 0 Å². The molecule has 5 nitrogen and oxygen atoms in total. The van der Waals surface area contributed by atoms with Crippen molar-refractivity contribution in [2.45, 2.75) is 0 Å². The molecular weight excluding hydrogens is 186 g/mol. The second-order valence-corrected chi connectivity index (χ2v) is 2.44. The number of nitrogens with zero attached hydrogens (tertiary/aromatic N) is 1. The van der Waals surface area contributed by atoms with Crippen LogP contribution in [0.1, 0.15) is 10.4 Å². The van der Waals surface area contributed by atoms with E-state index in [1.54, 1.807) is 0 Å². The van der Waals surface area contributed by atoms with Crippen LogP contribution in [0, 0.1) is 0 Å². The SMILES string of the molecule is O=CN(C=O)C(=O)c1ccccc1O. The smallest absolute Gasteiger partial charge is 0.270 e. The van der Waals surface area contributed by atoms with Gasteiger partial charge in [-0.2, -0.15) is 0 Å². The highest BCUT2D eigenvalue weighted by atomic mass is 16.3. The Morgan fingerprint density at radius 1 is 1.21 bits per heavy atom. The van der Waals surface area contributed by atoms with Crippen LogP contribution in [0.5, 0.6) is 5.75 Å². The number of carbonyl (C=O) groups excluding carboxylic acids is 3. The van der Waals surface area contributed by atoms with Gasteiger partial charge in [0.25, 0.3) is 5.91 Å². The summed E-state index contributed by atoms with van der Waals surface area (Å²) in [5, 5.41) is 9.24. The first-order valence-corrected chi connectivity index (χ1v) is 3.72. The van der Waals surface area contributed by atoms with Crippen molar-refractivity contribution in [3.8, 4) is 5.75 Å². The van der Waals surface area contributed by atoms with Crippen molar-refractivity contribution in [2.24, 2.45) is 0 Å². The number of benzene rings is 1. The summed E-state index contributed by atoms with van der Waals surface area (Å²) < 4.78 is 0. The number of aromatic hydroxyl groups is 1. The van der Waals surface area contributed by atoms with E-state index in [4.69, 9.17) is 0 Å². The van der Waals surface area contributed by atoms with Crippen LogP contribution in [0.15, 0.2) is 24.3 Å². The Hall–Kier alpha value is -2.17. The third-order valence-corrected chi connectivity index (χ3v) is 1.60. The lowest BCUT2D eigenvalue weighted by Crippen LogP contribution is -2.27. The van der Waals surface area contributed by atoms with Crippen LogP contribution in [-0.4, -0.2) is 28.7 Å². The highest BCUT2D eigenvalue weighted by Crippen LogP contribution is 2.16. The van der Waals surface area contributed by atoms with Gasteiger partial charge in [-0.3, -0.25) is 14.4 Å². The standard InChI is InChI=1S/C9H7NO4/c11-5-10(6-12)9(14)7-3-1-2-4-8(7)13/h1-6,13H. The van der Waals surface area contributed by atoms with Crippen molar-refractivity contribution in [1.29, 1.82) is 0 Å². The molecule has 5 heteroatoms. The Morgan fingerprint density at radius 3 is 2.29 bits per heavy atom. The molecule has 0 aliphatic carbocycles. The Labute approximate surface area is 79.6 Å². The van der Waals surface area contributed by atoms with E-state index < -0.39 is 5.91 Å². The number of amides is 3. The van der Waals surface area contributed by atoms with Crippen molar-refractivity contribution in [3.63, 3.8) is 0 Å². The minimum atomic E-state index is -0.854. The van der Waals surface area contributed by atoms with Gasteiger partial charge in [-0.05, 0) is 12.1 Å². The van der Waals surface area contributed by atoms with Crippen molar-refractivity contribution < 1.29 is 19.5 Å². The topological polar surface area (TPSA) is 74.7 Å². The van der Waals surface area contributed by atoms with Gasteiger partial charge in [0.1, 0.15) is 5.75 Å². The summed E-state index contributed by atoms with van der Waals surface area (Å²) in [5.41, 5.74) is -0.0910. The lowest BCUT2D eigenvalue weighted by Gasteiger charge is -2.07. The first-order valence-electron chi connectivity index (χ1n) is 3.72. The molecule has 0 saturated carbocycles. The molecule has 0 aliphatic heterocycles. The molecule has 1 aromatic rings. The molecule has 0 aromatic heterocycles. The van der Waals surface area contributed by atoms with Gasteiger partial charge in [0.05, 0.1) is 5.56 Å². The minimum absolute atomic E-state index is 0.0851. The summed E-state index contributed by atoms with van der Waals surface area (Å²) in [7, 11) is 0. The highest BCUT2D eigenvalue weighted by Gasteiger charge is 2.16. The fourth-order valence-corrected chi connectivity index (χ4v) is 0.914. The van der Waals surface area contributed by atoms with Gasteiger partial charge in [-0.15, -0.1) is 0 Å². The van der Waals surface area contributed by atoms with Gasteiger partial charge < -0.3 is 5.11 Å². The number of rotatable bonds is 3. The van der Waals surface area contributed by atoms with Crippen molar-refractivity contribution in [2.75, 3.05) is 0 Å². The number of hydrogen-bond donors (Lipinski definition) is 1. The predicted molar refractivity (Wildman–Crippen MR) is 46.4 cm³/mol. The van der Waals surface area contributed by atoms with E-state index in [1.165, 1.54) is 24.3 Å². The Bertz CT molecular complexity index is 367. The van der Waals surface area contributed by atoms with Crippen LogP contribution in [0.2, 0.25) is 0 Å². The van der Waals surface area contributed by atoms with Gasteiger partial charge in [0.15, 0.2) is 0 Å². The molecule has 0 fully saturated rings. The zero-order chi connectivity index (χ0) is 10.6. The number of para-hydroxylation sites is 1. The average Bonchev–Trinajstić information content (AvgIpc) is 2.20. The molecule has 3 amide bonds. The predicted octanol–water partition coefficient (Wildman–Crippen LogP) is 0.147. The van der Waals surface area contributed by atoms with Gasteiger partial charge in [0, 0.05) is 0 Å². The molecule has 1 rings (SSSR count). The van der Waals surface area contributed by atoms with Gasteiger partial charge in [-0.1, -0.05) is 12.1 Å². The van der Waals surface area contributed by atoms with E-state index >= 15 is 0 Å². The maximum absolute atomic E-state index is 11.3. The van der Waals surface area contributed by atoms with Crippen molar-refractivity contribution in [3.05, 3.63) is 29.8 Å². The molecule has 0 unspecified atom stereocenters. The lowest BCUT2D eigenvalue weighted by molar-refractivity contribution is -0.126. The summed E-state index contributed by atoms with van der Waals surface area (Å²) in [6.45, 7) is 0. The van der Waals surface area contributed by atoms with E-state index in [0.29, 0.717) is 4.90 Å². The molecule has 72 valence electrons. The molecular formula is C9H7NO4. The van der Waals surface area contributed by atoms with Gasteiger partial charge >= 0.3 is 0 Å². The van der Waals surface area contributed by atoms with Crippen LogP contribution in [0.4, 0.5) is 0 Å². The Morgan fingerprint density at radius 2 is 1.79 bits per heavy atom. The van der Waals surface area contributed by atoms with Crippen LogP contribution in [0.3, 0.4) is 0 Å². The maximum atomic E-state index is 11.3. The lowest BCUT2D eigenvalue weighted by atomic mass is 10.2. The van der Waals surface area contributed by atoms with E-state index in [2.05, 4.69) is 0 Å². The third kappa shape index (κ3) is 1.77. The second-order valence-electron chi connectivity index (χ2n) is 2.44. The van der Waals surface area contributed by atoms with Crippen LogP contribution in [0.25, 0.3) is 0 Å². The molecule has 0 radical (unpaired) electrons. The largest absolute Gasteiger partial charge is 0.507 e. The zero-order valence-corrected chi connectivity index (χ0v) is 7.08. The number of phenols is 1. The number of hydrogen-bond acceptors (Lipinski definition) is 4. The quantitative estimate of drug-likeness (QED) is 0.693. The van der Waals surface area contributed by atoms with E-state index in [9.17, 15) is 19.5 Å². The molecule has 1 N–H and O–H groups in total. The summed E-state index contributed by atoms with van der Waals surface area (Å²) >= 11 is 0. The van der Waals surface area contributed by atoms with Crippen LogP contribution >= 0.6 is 0 Å². The number of imide groups is 3. The molecule has 0 spiro atoms. The summed E-state index contributed by atoms with van der Waals surface area (Å²) in [5.74, 6) is -1.13. The number of phenolic OH excluding ortho intramolecular Hbond substituents is 1. The average molecular weight is 193 g/mol. The first kappa shape index (κ1) is 9.91. The van der Waals surface area contributed by atoms with E-state index in [-0.39, 0.29) is 24.1 Å². The van der Waals surface area contributed by atoms with Crippen LogP contribution in [-0.2, 0) is 9.59 Å². The van der Waals surface area contributed by atoms with Crippen LogP contribution < -0.4 is 0 Å². The zero-order valence-electron chi connectivity index (χ0n) is 7.08. The summed E-state index contributed by atoms with van der Waals surface area (Å²) in [4.78, 5) is 32.2. The normalized spacial score (nSPS) is 9.14. The molecule has 0 heterocycles. The van der Waals surface area contributed by atoms with Gasteiger partial charge in [0.2, 0.25) is 12.8 Å². The maximum Gasteiger partial charge on any atom is 0.270 e. The number of carbonyl (C=O) groups is 3. The first-order chi connectivity index (χ1) is 6.70. The minimum Gasteiger partial charge on any atom is -0.507 e. The van der Waals surface area contributed by atoms with Gasteiger partial charge in [-0.25, -0.2) is 4.90 Å². The fraction of sp³-hybridized carbons (Fsp3) is 0. The molecule has 1 aromatic carbocycles. The van der Waals surface area contributed by atoms with Crippen molar-refractivity contribution in [1.82, 2.24) is 4.90 Å². The monoisotopic (exact) mass is 193 g/mol. The molecule has 0 bridgehead atoms. The fourth-order valence-electron chi connectivity index (χ4n) is 0.914. The third-order valence-electron chi connectivity index (χ3n) is 1.60. The Balaban J connectivity index is 3.05. The van der Waals surface area contributed by atoms with E-state index in [1.807, 2.05) is 0 Å². The molecule has 0 atom stereocenters. The Kier molecular flexibility index (Phi) is 2.96. The molecule has 0 saturated heterocycles. The van der Waals surface area contributed by atoms with Crippen molar-refractivity contribution >= 4 is 18.7 Å². The summed E-state index contributed by atoms with van der Waals surface area (Å²) in [6, 6.07) is 5.65. The summed E-state index contributed by atoms with van der Waals surface area (Å²) in [6.07, 6.45) is 0.170.